The number of aromatic nitrogens is 2. The van der Waals surface area contributed by atoms with E-state index in [-0.39, 0.29) is 6.79 Å². The summed E-state index contributed by atoms with van der Waals surface area (Å²) < 4.78 is 10.9. The first-order valence-corrected chi connectivity index (χ1v) is 7.85. The molecule has 0 saturated carbocycles. The van der Waals surface area contributed by atoms with E-state index in [2.05, 4.69) is 20.8 Å². The Hall–Kier alpha value is -3.56. The first-order chi connectivity index (χ1) is 12.8. The van der Waals surface area contributed by atoms with Crippen molar-refractivity contribution in [2.75, 3.05) is 22.5 Å². The van der Waals surface area contributed by atoms with E-state index in [4.69, 9.17) is 21.2 Å². The van der Waals surface area contributed by atoms with E-state index in [0.717, 1.165) is 11.4 Å². The molecule has 2 aromatic carbocycles. The molecule has 0 saturated heterocycles. The van der Waals surface area contributed by atoms with Crippen LogP contribution >= 0.6 is 0 Å². The van der Waals surface area contributed by atoms with Gasteiger partial charge in [-0.05, 0) is 24.3 Å². The fourth-order valence-corrected chi connectivity index (χ4v) is 2.66. The molecule has 1 aliphatic rings. The maximum absolute atomic E-state index is 5.53. The van der Waals surface area contributed by atoms with Crippen LogP contribution in [0.1, 0.15) is 0 Å². The molecular weight excluding hydrogens is 334 g/mol. The number of para-hydroxylation sites is 1. The highest BCUT2D eigenvalue weighted by Crippen LogP contribution is 2.40. The third kappa shape index (κ3) is 2.92. The van der Waals surface area contributed by atoms with Crippen LogP contribution in [-0.4, -0.2) is 16.8 Å². The van der Waals surface area contributed by atoms with E-state index < -0.39 is 0 Å². The molecule has 0 amide bonds. The molecule has 0 atom stereocenters. The Bertz CT molecular complexity index is 898. The third-order valence-electron chi connectivity index (χ3n) is 3.84. The smallest absolute Gasteiger partial charge is 0.238 e. The van der Waals surface area contributed by atoms with Crippen LogP contribution in [-0.2, 0) is 0 Å². The molecule has 0 unspecified atom stereocenters. The van der Waals surface area contributed by atoms with Gasteiger partial charge in [-0.25, -0.2) is 11.7 Å². The average Bonchev–Trinajstić information content (AvgIpc) is 3.16. The Labute approximate surface area is 149 Å². The van der Waals surface area contributed by atoms with Gasteiger partial charge in [0.05, 0.1) is 5.69 Å². The molecule has 1 aliphatic heterocycles. The number of ether oxygens (including phenoxy) is 2. The summed E-state index contributed by atoms with van der Waals surface area (Å²) >= 11 is 0. The van der Waals surface area contributed by atoms with Crippen LogP contribution in [0.2, 0.25) is 0 Å². The molecule has 2 heterocycles. The van der Waals surface area contributed by atoms with Crippen LogP contribution in [0.4, 0.5) is 29.0 Å². The SMILES string of the molecule is NNc1cc(NN)nc(N(c2ccccc2)c2ccc3c(c2)OCO3)n1. The summed E-state index contributed by atoms with van der Waals surface area (Å²) in [6.07, 6.45) is 0. The van der Waals surface area contributed by atoms with Gasteiger partial charge in [-0.3, -0.25) is 4.90 Å². The third-order valence-corrected chi connectivity index (χ3v) is 3.84. The van der Waals surface area contributed by atoms with Crippen LogP contribution < -0.4 is 36.9 Å². The Morgan fingerprint density at radius 3 is 2.19 bits per heavy atom. The molecule has 132 valence electrons. The average molecular weight is 351 g/mol. The largest absolute Gasteiger partial charge is 0.454 e. The van der Waals surface area contributed by atoms with E-state index in [1.165, 1.54) is 0 Å². The second kappa shape index (κ2) is 6.75. The molecule has 0 aliphatic carbocycles. The predicted octanol–water partition coefficient (Wildman–Crippen LogP) is 2.25. The van der Waals surface area contributed by atoms with E-state index in [1.54, 1.807) is 6.07 Å². The lowest BCUT2D eigenvalue weighted by molar-refractivity contribution is 0.174. The van der Waals surface area contributed by atoms with Gasteiger partial charge in [-0.1, -0.05) is 18.2 Å². The van der Waals surface area contributed by atoms with E-state index in [0.29, 0.717) is 29.1 Å². The number of nitrogens with zero attached hydrogens (tertiary/aromatic N) is 3. The van der Waals surface area contributed by atoms with Gasteiger partial charge in [0.15, 0.2) is 11.5 Å². The highest BCUT2D eigenvalue weighted by Gasteiger charge is 2.21. The zero-order valence-corrected chi connectivity index (χ0v) is 13.7. The zero-order chi connectivity index (χ0) is 17.9. The number of nitrogens with two attached hydrogens (primary N) is 2. The molecule has 3 aromatic rings. The minimum atomic E-state index is 0.203. The summed E-state index contributed by atoms with van der Waals surface area (Å²) in [7, 11) is 0. The van der Waals surface area contributed by atoms with Crippen LogP contribution in [0.3, 0.4) is 0 Å². The summed E-state index contributed by atoms with van der Waals surface area (Å²) in [5, 5.41) is 0. The van der Waals surface area contributed by atoms with Crippen molar-refractivity contribution in [1.29, 1.82) is 0 Å². The second-order valence-corrected chi connectivity index (χ2v) is 5.44. The number of anilines is 5. The molecule has 6 N–H and O–H groups in total. The first-order valence-electron chi connectivity index (χ1n) is 7.85. The second-order valence-electron chi connectivity index (χ2n) is 5.44. The van der Waals surface area contributed by atoms with Crippen molar-refractivity contribution in [3.8, 4) is 11.5 Å². The van der Waals surface area contributed by atoms with Crippen molar-refractivity contribution >= 4 is 29.0 Å². The van der Waals surface area contributed by atoms with Crippen molar-refractivity contribution in [3.05, 3.63) is 54.6 Å². The minimum absolute atomic E-state index is 0.203. The molecule has 0 bridgehead atoms. The number of nitrogens with one attached hydrogen (secondary N) is 2. The Morgan fingerprint density at radius 1 is 0.808 bits per heavy atom. The Kier molecular flexibility index (Phi) is 4.14. The molecule has 9 nitrogen and oxygen atoms in total. The first kappa shape index (κ1) is 15.9. The zero-order valence-electron chi connectivity index (χ0n) is 13.7. The number of nitrogen functional groups attached to an aromatic ring is 2. The number of hydrazine groups is 2. The van der Waals surface area contributed by atoms with Gasteiger partial charge < -0.3 is 20.3 Å². The van der Waals surface area contributed by atoms with Gasteiger partial charge in [0, 0.05) is 17.8 Å². The van der Waals surface area contributed by atoms with Crippen molar-refractivity contribution < 1.29 is 9.47 Å². The maximum Gasteiger partial charge on any atom is 0.238 e. The van der Waals surface area contributed by atoms with E-state index in [1.807, 2.05) is 53.4 Å². The number of benzene rings is 2. The Morgan fingerprint density at radius 2 is 1.50 bits per heavy atom. The standard InChI is InChI=1S/C17H17N7O2/c18-22-15-9-16(23-19)21-17(20-15)24(11-4-2-1-3-5-11)12-6-7-13-14(8-12)26-10-25-13/h1-9H,10,18-19H2,(H2,20,21,22,23). The molecule has 0 spiro atoms. The summed E-state index contributed by atoms with van der Waals surface area (Å²) in [5.74, 6) is 13.6. The van der Waals surface area contributed by atoms with E-state index in [9.17, 15) is 0 Å². The van der Waals surface area contributed by atoms with Gasteiger partial charge in [0.2, 0.25) is 12.7 Å². The molecule has 0 radical (unpaired) electrons. The topological polar surface area (TPSA) is 124 Å². The van der Waals surface area contributed by atoms with Crippen LogP contribution in [0.25, 0.3) is 0 Å². The van der Waals surface area contributed by atoms with Crippen LogP contribution in [0, 0.1) is 0 Å². The fourth-order valence-electron chi connectivity index (χ4n) is 2.66. The molecule has 0 fully saturated rings. The van der Waals surface area contributed by atoms with Gasteiger partial charge in [0.1, 0.15) is 11.6 Å². The summed E-state index contributed by atoms with van der Waals surface area (Å²) in [6, 6.07) is 16.9. The lowest BCUT2D eigenvalue weighted by Crippen LogP contribution is -2.18. The number of hydrogen-bond acceptors (Lipinski definition) is 9. The predicted molar refractivity (Wildman–Crippen MR) is 98.5 cm³/mol. The fraction of sp³-hybridized carbons (Fsp3) is 0.0588. The summed E-state index contributed by atoms with van der Waals surface area (Å²) in [4.78, 5) is 10.8. The number of rotatable bonds is 5. The van der Waals surface area contributed by atoms with Crippen molar-refractivity contribution in [1.82, 2.24) is 9.97 Å². The lowest BCUT2D eigenvalue weighted by atomic mass is 10.2. The quantitative estimate of drug-likeness (QED) is 0.405. The highest BCUT2D eigenvalue weighted by molar-refractivity contribution is 5.75. The summed E-state index contributed by atoms with van der Waals surface area (Å²) in [5.41, 5.74) is 6.71. The van der Waals surface area contributed by atoms with E-state index >= 15 is 0 Å². The van der Waals surface area contributed by atoms with Crippen molar-refractivity contribution in [2.24, 2.45) is 11.7 Å². The lowest BCUT2D eigenvalue weighted by Gasteiger charge is -2.24. The van der Waals surface area contributed by atoms with Gasteiger partial charge in [-0.15, -0.1) is 0 Å². The van der Waals surface area contributed by atoms with Gasteiger partial charge in [0.25, 0.3) is 0 Å². The Balaban J connectivity index is 1.87. The number of fused-ring (bicyclic) bond motifs is 1. The minimum Gasteiger partial charge on any atom is -0.454 e. The highest BCUT2D eigenvalue weighted by atomic mass is 16.7. The monoisotopic (exact) mass is 351 g/mol. The van der Waals surface area contributed by atoms with Crippen LogP contribution in [0.5, 0.6) is 11.5 Å². The summed E-state index contributed by atoms with van der Waals surface area (Å²) in [6.45, 7) is 0.203. The maximum atomic E-state index is 5.53. The van der Waals surface area contributed by atoms with Crippen molar-refractivity contribution in [2.45, 2.75) is 0 Å². The number of hydrogen-bond donors (Lipinski definition) is 4. The van der Waals surface area contributed by atoms with Crippen LogP contribution in [0.15, 0.2) is 54.6 Å². The molecular formula is C17H17N7O2. The normalized spacial score (nSPS) is 11.9. The molecule has 9 heteroatoms. The molecule has 4 rings (SSSR count). The van der Waals surface area contributed by atoms with Gasteiger partial charge >= 0.3 is 0 Å². The van der Waals surface area contributed by atoms with Gasteiger partial charge in [-0.2, -0.15) is 9.97 Å². The molecule has 26 heavy (non-hydrogen) atoms. The molecule has 1 aromatic heterocycles. The van der Waals surface area contributed by atoms with Crippen molar-refractivity contribution in [3.63, 3.8) is 0 Å².